The molecule has 2 heterocycles. The van der Waals surface area contributed by atoms with Crippen molar-refractivity contribution in [1.29, 1.82) is 0 Å². The molecule has 0 bridgehead atoms. The fourth-order valence-electron chi connectivity index (χ4n) is 2.41. The maximum absolute atomic E-state index is 12.4. The normalized spacial score (nSPS) is 17.9. The molecule has 1 saturated heterocycles. The van der Waals surface area contributed by atoms with Gasteiger partial charge in [-0.15, -0.1) is 11.3 Å². The third-order valence-corrected chi connectivity index (χ3v) is 4.32. The Morgan fingerprint density at radius 2 is 2.28 bits per heavy atom. The summed E-state index contributed by atoms with van der Waals surface area (Å²) in [6, 6.07) is 4.01. The van der Waals surface area contributed by atoms with Crippen LogP contribution >= 0.6 is 11.3 Å². The lowest BCUT2D eigenvalue weighted by atomic mass is 10.0. The number of carbonyl (C=O) groups excluding carboxylic acids is 1. The van der Waals surface area contributed by atoms with Gasteiger partial charge in [-0.05, 0) is 44.4 Å². The number of carbonyl (C=O) groups is 1. The van der Waals surface area contributed by atoms with Gasteiger partial charge in [0.05, 0.1) is 11.5 Å². The molecule has 0 spiro atoms. The van der Waals surface area contributed by atoms with E-state index in [-0.39, 0.29) is 18.6 Å². The molecule has 5 heteroatoms. The minimum absolute atomic E-state index is 0.0312. The van der Waals surface area contributed by atoms with Gasteiger partial charge in [-0.3, -0.25) is 4.79 Å². The van der Waals surface area contributed by atoms with E-state index in [2.05, 4.69) is 11.9 Å². The van der Waals surface area contributed by atoms with E-state index in [0.29, 0.717) is 6.54 Å². The molecule has 1 amide bonds. The Hall–Kier alpha value is -0.910. The second kappa shape index (κ2) is 6.31. The average Bonchev–Trinajstić information content (AvgIpc) is 2.90. The van der Waals surface area contributed by atoms with E-state index in [9.17, 15) is 4.79 Å². The van der Waals surface area contributed by atoms with Gasteiger partial charge in [0.15, 0.2) is 0 Å². The van der Waals surface area contributed by atoms with Crippen molar-refractivity contribution in [2.24, 2.45) is 0 Å². The predicted octanol–water partition coefficient (Wildman–Crippen LogP) is 1.28. The summed E-state index contributed by atoms with van der Waals surface area (Å²) >= 11 is 1.47. The predicted molar refractivity (Wildman–Crippen MR) is 73.0 cm³/mol. The van der Waals surface area contributed by atoms with Gasteiger partial charge in [0, 0.05) is 12.6 Å². The van der Waals surface area contributed by atoms with Crippen molar-refractivity contribution in [3.05, 3.63) is 22.4 Å². The molecule has 100 valence electrons. The van der Waals surface area contributed by atoms with Crippen molar-refractivity contribution in [2.75, 3.05) is 33.3 Å². The first-order chi connectivity index (χ1) is 8.72. The minimum atomic E-state index is 0.0312. The molecule has 1 fully saturated rings. The molecule has 2 rings (SSSR count). The van der Waals surface area contributed by atoms with E-state index in [4.69, 9.17) is 5.11 Å². The monoisotopic (exact) mass is 268 g/mol. The van der Waals surface area contributed by atoms with Crippen LogP contribution in [0.2, 0.25) is 0 Å². The Kier molecular flexibility index (Phi) is 4.74. The Bertz CT molecular complexity index is 372. The lowest BCUT2D eigenvalue weighted by Gasteiger charge is -2.36. The van der Waals surface area contributed by atoms with Crippen molar-refractivity contribution < 1.29 is 9.90 Å². The van der Waals surface area contributed by atoms with Crippen molar-refractivity contribution in [2.45, 2.75) is 18.9 Å². The van der Waals surface area contributed by atoms with Gasteiger partial charge in [-0.1, -0.05) is 6.07 Å². The van der Waals surface area contributed by atoms with Gasteiger partial charge in [0.25, 0.3) is 5.91 Å². The zero-order valence-corrected chi connectivity index (χ0v) is 11.5. The SMILES string of the molecule is CN1CCC(N(CCO)C(=O)c2cccs2)CC1. The van der Waals surface area contributed by atoms with Gasteiger partial charge >= 0.3 is 0 Å². The van der Waals surface area contributed by atoms with E-state index in [1.165, 1.54) is 11.3 Å². The van der Waals surface area contributed by atoms with Gasteiger partial charge in [0.2, 0.25) is 0 Å². The number of hydrogen-bond donors (Lipinski definition) is 1. The van der Waals surface area contributed by atoms with Crippen LogP contribution in [-0.4, -0.2) is 60.1 Å². The van der Waals surface area contributed by atoms with E-state index in [0.717, 1.165) is 30.8 Å². The highest BCUT2D eigenvalue weighted by Gasteiger charge is 2.27. The van der Waals surface area contributed by atoms with Gasteiger partial charge in [-0.25, -0.2) is 0 Å². The summed E-state index contributed by atoms with van der Waals surface area (Å²) < 4.78 is 0. The molecule has 1 N–H and O–H groups in total. The summed E-state index contributed by atoms with van der Waals surface area (Å²) in [7, 11) is 2.10. The first-order valence-corrected chi connectivity index (χ1v) is 7.24. The number of rotatable bonds is 4. The first kappa shape index (κ1) is 13.5. The number of aliphatic hydroxyl groups is 1. The lowest BCUT2D eigenvalue weighted by Crippen LogP contribution is -2.47. The molecule has 1 aliphatic heterocycles. The van der Waals surface area contributed by atoms with Crippen molar-refractivity contribution in [3.63, 3.8) is 0 Å². The van der Waals surface area contributed by atoms with Crippen molar-refractivity contribution >= 4 is 17.2 Å². The van der Waals surface area contributed by atoms with Crippen LogP contribution in [0.1, 0.15) is 22.5 Å². The van der Waals surface area contributed by atoms with Crippen molar-refractivity contribution in [3.8, 4) is 0 Å². The zero-order chi connectivity index (χ0) is 13.0. The minimum Gasteiger partial charge on any atom is -0.395 e. The van der Waals surface area contributed by atoms with Crippen LogP contribution in [0.25, 0.3) is 0 Å². The van der Waals surface area contributed by atoms with Crippen LogP contribution in [0.5, 0.6) is 0 Å². The fraction of sp³-hybridized carbons (Fsp3) is 0.615. The van der Waals surface area contributed by atoms with Crippen LogP contribution in [0.3, 0.4) is 0 Å². The van der Waals surface area contributed by atoms with Crippen molar-refractivity contribution in [1.82, 2.24) is 9.80 Å². The molecule has 1 aromatic rings. The smallest absolute Gasteiger partial charge is 0.264 e. The molecule has 18 heavy (non-hydrogen) atoms. The van der Waals surface area contributed by atoms with Crippen LogP contribution in [0.15, 0.2) is 17.5 Å². The third kappa shape index (κ3) is 3.10. The maximum Gasteiger partial charge on any atom is 0.264 e. The summed E-state index contributed by atoms with van der Waals surface area (Å²) in [5.41, 5.74) is 0. The molecular formula is C13H20N2O2S. The standard InChI is InChI=1S/C13H20N2O2S/c1-14-6-4-11(5-7-14)15(8-9-16)13(17)12-3-2-10-18-12/h2-3,10-11,16H,4-9H2,1H3. The largest absolute Gasteiger partial charge is 0.395 e. The number of nitrogens with zero attached hydrogens (tertiary/aromatic N) is 2. The van der Waals surface area contributed by atoms with E-state index in [1.54, 1.807) is 0 Å². The number of thiophene rings is 1. The van der Waals surface area contributed by atoms with E-state index >= 15 is 0 Å². The molecule has 0 atom stereocenters. The summed E-state index contributed by atoms with van der Waals surface area (Å²) in [5, 5.41) is 11.1. The van der Waals surface area contributed by atoms with Gasteiger partial charge in [0.1, 0.15) is 0 Å². The molecule has 0 aliphatic carbocycles. The van der Waals surface area contributed by atoms with E-state index < -0.39 is 0 Å². The summed E-state index contributed by atoms with van der Waals surface area (Å²) in [5.74, 6) is 0.0635. The quantitative estimate of drug-likeness (QED) is 0.894. The van der Waals surface area contributed by atoms with Gasteiger partial charge < -0.3 is 14.9 Å². The number of likely N-dealkylation sites (tertiary alicyclic amines) is 1. The molecule has 0 radical (unpaired) electrons. The summed E-state index contributed by atoms with van der Waals surface area (Å²) in [4.78, 5) is 17.3. The van der Waals surface area contributed by atoms with Crippen LogP contribution in [-0.2, 0) is 0 Å². The third-order valence-electron chi connectivity index (χ3n) is 3.46. The second-order valence-corrected chi connectivity index (χ2v) is 5.68. The number of hydrogen-bond acceptors (Lipinski definition) is 4. The average molecular weight is 268 g/mol. The number of aliphatic hydroxyl groups excluding tert-OH is 1. The van der Waals surface area contributed by atoms with Gasteiger partial charge in [-0.2, -0.15) is 0 Å². The second-order valence-electron chi connectivity index (χ2n) is 4.73. The highest BCUT2D eigenvalue weighted by Crippen LogP contribution is 2.20. The van der Waals surface area contributed by atoms with Crippen LogP contribution in [0, 0.1) is 0 Å². The Labute approximate surface area is 112 Å². The highest BCUT2D eigenvalue weighted by molar-refractivity contribution is 7.12. The number of piperidine rings is 1. The molecule has 0 unspecified atom stereocenters. The summed E-state index contributed by atoms with van der Waals surface area (Å²) in [6.45, 7) is 2.50. The Balaban J connectivity index is 2.05. The molecular weight excluding hydrogens is 248 g/mol. The Morgan fingerprint density at radius 3 is 2.83 bits per heavy atom. The molecule has 1 aromatic heterocycles. The highest BCUT2D eigenvalue weighted by atomic mass is 32.1. The molecule has 1 aliphatic rings. The maximum atomic E-state index is 12.4. The molecule has 0 saturated carbocycles. The first-order valence-electron chi connectivity index (χ1n) is 6.36. The van der Waals surface area contributed by atoms with Crippen LogP contribution in [0.4, 0.5) is 0 Å². The lowest BCUT2D eigenvalue weighted by molar-refractivity contribution is 0.0544. The molecule has 4 nitrogen and oxygen atoms in total. The zero-order valence-electron chi connectivity index (χ0n) is 10.7. The van der Waals surface area contributed by atoms with Crippen LogP contribution < -0.4 is 0 Å². The van der Waals surface area contributed by atoms with E-state index in [1.807, 2.05) is 22.4 Å². The molecule has 0 aromatic carbocycles. The topological polar surface area (TPSA) is 43.8 Å². The summed E-state index contributed by atoms with van der Waals surface area (Å²) in [6.07, 6.45) is 1.99. The fourth-order valence-corrected chi connectivity index (χ4v) is 3.09. The Morgan fingerprint density at radius 1 is 1.56 bits per heavy atom. The number of amides is 1.